The molecule has 9 nitrogen and oxygen atoms in total. The Morgan fingerprint density at radius 3 is 2.63 bits per heavy atom. The molecule has 0 amide bonds. The zero-order chi connectivity index (χ0) is 32.4. The number of fused-ring (bicyclic) bond motifs is 2. The molecule has 46 heavy (non-hydrogen) atoms. The molecule has 232 valence electrons. The predicted octanol–water partition coefficient (Wildman–Crippen LogP) is 7.53. The summed E-state index contributed by atoms with van der Waals surface area (Å²) >= 11 is 0. The minimum absolute atomic E-state index is 0.00863. The van der Waals surface area contributed by atoms with E-state index < -0.39 is 11.7 Å². The number of allylic oxidation sites excluding steroid dienone is 1. The maximum atomic E-state index is 14.5. The van der Waals surface area contributed by atoms with Gasteiger partial charge in [-0.1, -0.05) is 50.8 Å². The molecule has 6 aromatic rings. The van der Waals surface area contributed by atoms with E-state index >= 15 is 0 Å². The average molecular weight is 623 g/mol. The van der Waals surface area contributed by atoms with Crippen molar-refractivity contribution >= 4 is 39.8 Å². The van der Waals surface area contributed by atoms with Gasteiger partial charge in [0.2, 0.25) is 11.9 Å². The minimum Gasteiger partial charge on any atom is -0.350 e. The smallest absolute Gasteiger partial charge is 0.350 e. The average Bonchev–Trinajstić information content (AvgIpc) is 3.48. The van der Waals surface area contributed by atoms with Gasteiger partial charge in [0.1, 0.15) is 0 Å². The molecule has 0 aliphatic rings. The van der Waals surface area contributed by atoms with Gasteiger partial charge in [0.15, 0.2) is 11.4 Å². The number of benzene rings is 2. The van der Waals surface area contributed by atoms with Crippen LogP contribution < -0.4 is 10.6 Å². The first kappa shape index (κ1) is 30.4. The molecule has 2 aromatic carbocycles. The van der Waals surface area contributed by atoms with Crippen LogP contribution in [-0.4, -0.2) is 35.3 Å². The first-order valence-corrected chi connectivity index (χ1v) is 14.5. The number of carbonyl (C=O) groups excluding carboxylic acids is 1. The van der Waals surface area contributed by atoms with E-state index in [2.05, 4.69) is 42.2 Å². The third-order valence-electron chi connectivity index (χ3n) is 7.53. The van der Waals surface area contributed by atoms with Crippen molar-refractivity contribution in [3.8, 4) is 11.3 Å². The molecular formula is C34H29F3N8O. The second-order valence-corrected chi connectivity index (χ2v) is 11.0. The Morgan fingerprint density at radius 2 is 1.89 bits per heavy atom. The van der Waals surface area contributed by atoms with E-state index in [1.807, 2.05) is 19.9 Å². The molecule has 0 saturated carbocycles. The molecule has 0 saturated heterocycles. The van der Waals surface area contributed by atoms with E-state index in [0.29, 0.717) is 28.0 Å². The Balaban J connectivity index is 1.44. The lowest BCUT2D eigenvalue weighted by molar-refractivity contribution is -0.138. The van der Waals surface area contributed by atoms with Crippen molar-refractivity contribution in [1.29, 1.82) is 0 Å². The fourth-order valence-electron chi connectivity index (χ4n) is 5.30. The first-order valence-electron chi connectivity index (χ1n) is 14.5. The van der Waals surface area contributed by atoms with E-state index in [9.17, 15) is 18.0 Å². The highest BCUT2D eigenvalue weighted by Gasteiger charge is 2.34. The topological polar surface area (TPSA) is 110 Å². The van der Waals surface area contributed by atoms with Crippen LogP contribution in [0.4, 0.5) is 30.8 Å². The number of pyridine rings is 2. The predicted molar refractivity (Wildman–Crippen MR) is 171 cm³/mol. The molecule has 2 N–H and O–H groups in total. The lowest BCUT2D eigenvalue weighted by Gasteiger charge is -2.19. The summed E-state index contributed by atoms with van der Waals surface area (Å²) in [6.45, 7) is 7.28. The molecule has 0 spiro atoms. The Hall–Kier alpha value is -5.65. The number of hydrogen-bond acceptors (Lipinski definition) is 8. The summed E-state index contributed by atoms with van der Waals surface area (Å²) < 4.78 is 45.0. The van der Waals surface area contributed by atoms with Gasteiger partial charge in [-0.05, 0) is 52.8 Å². The molecular weight excluding hydrogens is 593 g/mol. The van der Waals surface area contributed by atoms with Gasteiger partial charge in [0.25, 0.3) is 0 Å². The van der Waals surface area contributed by atoms with E-state index in [-0.39, 0.29) is 42.1 Å². The third kappa shape index (κ3) is 6.14. The van der Waals surface area contributed by atoms with Gasteiger partial charge in [-0.3, -0.25) is 14.8 Å². The van der Waals surface area contributed by atoms with E-state index in [1.165, 1.54) is 16.7 Å². The van der Waals surface area contributed by atoms with E-state index in [4.69, 9.17) is 0 Å². The number of alkyl halides is 3. The van der Waals surface area contributed by atoms with Crippen molar-refractivity contribution in [2.24, 2.45) is 0 Å². The highest BCUT2D eigenvalue weighted by molar-refractivity contribution is 5.97. The van der Waals surface area contributed by atoms with Crippen LogP contribution in [0.1, 0.15) is 42.0 Å². The summed E-state index contributed by atoms with van der Waals surface area (Å²) in [6.07, 6.45) is 3.28. The number of aromatic nitrogens is 6. The number of nitrogens with one attached hydrogen (secondary N) is 2. The maximum absolute atomic E-state index is 14.5. The van der Waals surface area contributed by atoms with Crippen LogP contribution in [0.15, 0.2) is 92.0 Å². The summed E-state index contributed by atoms with van der Waals surface area (Å²) in [4.78, 5) is 29.8. The largest absolute Gasteiger partial charge is 0.416 e. The molecule has 0 bridgehead atoms. The Morgan fingerprint density at radius 1 is 1.04 bits per heavy atom. The van der Waals surface area contributed by atoms with Crippen LogP contribution in [0.3, 0.4) is 0 Å². The Labute approximate surface area is 262 Å². The van der Waals surface area contributed by atoms with E-state index in [0.717, 1.165) is 22.6 Å². The van der Waals surface area contributed by atoms with Crippen LogP contribution in [0.5, 0.6) is 0 Å². The second kappa shape index (κ2) is 12.4. The van der Waals surface area contributed by atoms with Crippen LogP contribution in [0.2, 0.25) is 0 Å². The summed E-state index contributed by atoms with van der Waals surface area (Å²) in [7, 11) is 0. The maximum Gasteiger partial charge on any atom is 0.416 e. The molecule has 0 aliphatic carbocycles. The van der Waals surface area contributed by atoms with Crippen LogP contribution in [0, 0.1) is 0 Å². The summed E-state index contributed by atoms with van der Waals surface area (Å²) in [5.74, 6) is 0.386. The number of anilines is 3. The number of rotatable bonds is 10. The number of hydrogen-bond donors (Lipinski definition) is 2. The third-order valence-corrected chi connectivity index (χ3v) is 7.53. The SMILES string of the molecule is C=CC(=O)Cc1ccc2c(-c3cccc(C(F)(F)F)c3CNc3nc(Nc4cccnc4)nc4c(C(C)C)cnn34)nccc2c1. The normalized spacial score (nSPS) is 11.7. The fourth-order valence-corrected chi connectivity index (χ4v) is 5.30. The number of ketones is 1. The van der Waals surface area contributed by atoms with Crippen LogP contribution >= 0.6 is 0 Å². The zero-order valence-electron chi connectivity index (χ0n) is 25.0. The second-order valence-electron chi connectivity index (χ2n) is 11.0. The lowest BCUT2D eigenvalue weighted by Crippen LogP contribution is -2.16. The number of carbonyl (C=O) groups is 1. The fraction of sp³-hybridized carbons (Fsp3) is 0.176. The van der Waals surface area contributed by atoms with E-state index in [1.54, 1.807) is 61.2 Å². The summed E-state index contributed by atoms with van der Waals surface area (Å²) in [5, 5.41) is 12.1. The lowest BCUT2D eigenvalue weighted by atomic mass is 9.94. The standard InChI is InChI=1S/C34H29F3N8O/c1-4-24(46)16-21-10-11-25-22(15-21)12-14-39-30(25)26-8-5-9-29(34(35,36)37)28(26)18-40-33-44-32(42-23-7-6-13-38-17-23)43-31-27(20(2)3)19-41-45(31)33/h4-15,17,19-20H,1,16,18H2,2-3H3,(H2,40,42,43,44). The summed E-state index contributed by atoms with van der Waals surface area (Å²) in [6, 6.07) is 14.8. The van der Waals surface area contributed by atoms with Gasteiger partial charge >= 0.3 is 6.18 Å². The van der Waals surface area contributed by atoms with Crippen molar-refractivity contribution < 1.29 is 18.0 Å². The number of nitrogens with zero attached hydrogens (tertiary/aromatic N) is 6. The molecule has 0 fully saturated rings. The Bertz CT molecular complexity index is 2070. The highest BCUT2D eigenvalue weighted by atomic mass is 19.4. The Kier molecular flexibility index (Phi) is 8.18. The van der Waals surface area contributed by atoms with Gasteiger partial charge < -0.3 is 10.6 Å². The highest BCUT2D eigenvalue weighted by Crippen LogP contribution is 2.38. The van der Waals surface area contributed by atoms with Crippen molar-refractivity contribution in [1.82, 2.24) is 29.5 Å². The molecule has 4 aromatic heterocycles. The van der Waals surface area contributed by atoms with Gasteiger partial charge in [-0.2, -0.15) is 32.8 Å². The van der Waals surface area contributed by atoms with Gasteiger partial charge in [0.05, 0.1) is 29.3 Å². The van der Waals surface area contributed by atoms with Crippen LogP contribution in [-0.2, 0) is 23.9 Å². The molecule has 4 heterocycles. The monoisotopic (exact) mass is 622 g/mol. The molecule has 0 aliphatic heterocycles. The minimum atomic E-state index is -4.64. The van der Waals surface area contributed by atoms with Gasteiger partial charge in [0, 0.05) is 41.9 Å². The van der Waals surface area contributed by atoms with Gasteiger partial charge in [-0.15, -0.1) is 0 Å². The van der Waals surface area contributed by atoms with Gasteiger partial charge in [-0.25, -0.2) is 0 Å². The van der Waals surface area contributed by atoms with Crippen molar-refractivity contribution in [2.75, 3.05) is 10.6 Å². The quantitative estimate of drug-likeness (QED) is 0.151. The van der Waals surface area contributed by atoms with Crippen molar-refractivity contribution in [2.45, 2.75) is 38.9 Å². The molecule has 6 rings (SSSR count). The zero-order valence-corrected chi connectivity index (χ0v) is 25.0. The van der Waals surface area contributed by atoms with Crippen LogP contribution in [0.25, 0.3) is 27.7 Å². The summed E-state index contributed by atoms with van der Waals surface area (Å²) in [5.41, 5.74) is 2.67. The molecule has 0 radical (unpaired) electrons. The first-order chi connectivity index (χ1) is 22.1. The number of halogens is 3. The van der Waals surface area contributed by atoms with Crippen molar-refractivity contribution in [3.05, 3.63) is 114 Å². The molecule has 12 heteroatoms. The molecule has 0 unspecified atom stereocenters. The van der Waals surface area contributed by atoms with Crippen molar-refractivity contribution in [3.63, 3.8) is 0 Å². The molecule has 0 atom stereocenters.